The molecule has 7 heteroatoms. The van der Waals surface area contributed by atoms with Crippen molar-refractivity contribution in [3.8, 4) is 0 Å². The number of H-pyrrole nitrogens is 1. The molecule has 7 nitrogen and oxygen atoms in total. The van der Waals surface area contributed by atoms with Crippen molar-refractivity contribution in [2.45, 2.75) is 25.4 Å². The number of rotatable bonds is 4. The minimum Gasteiger partial charge on any atom is -0.361 e. The maximum atomic E-state index is 13.3. The fourth-order valence-electron chi connectivity index (χ4n) is 4.76. The third-order valence-electron chi connectivity index (χ3n) is 6.43. The predicted molar refractivity (Wildman–Crippen MR) is 121 cm³/mol. The molecule has 0 aliphatic carbocycles. The SMILES string of the molecule is O=C(Cc1c[nH]c2ccccc12)N1CCCN2C(=O)CN(Cc3ccccc3)C(=O)C2C1. The monoisotopic (exact) mass is 430 g/mol. The Balaban J connectivity index is 1.32. The summed E-state index contributed by atoms with van der Waals surface area (Å²) in [6.07, 6.45) is 2.82. The van der Waals surface area contributed by atoms with Gasteiger partial charge in [0.05, 0.1) is 13.0 Å². The van der Waals surface area contributed by atoms with Crippen molar-refractivity contribution in [3.05, 3.63) is 71.9 Å². The van der Waals surface area contributed by atoms with Crippen LogP contribution < -0.4 is 0 Å². The zero-order valence-electron chi connectivity index (χ0n) is 17.9. The lowest BCUT2D eigenvalue weighted by atomic mass is 10.1. The number of nitrogens with zero attached hydrogens (tertiary/aromatic N) is 3. The summed E-state index contributed by atoms with van der Waals surface area (Å²) in [4.78, 5) is 47.6. The van der Waals surface area contributed by atoms with Gasteiger partial charge in [-0.3, -0.25) is 14.4 Å². The standard InChI is InChI=1S/C25H26N4O3/c30-23(13-19-14-26-21-10-5-4-9-20(19)21)27-11-6-12-29-22(16-27)25(32)28(17-24(29)31)15-18-7-2-1-3-8-18/h1-5,7-10,14,22,26H,6,11-13,15-17H2. The summed E-state index contributed by atoms with van der Waals surface area (Å²) >= 11 is 0. The zero-order valence-corrected chi connectivity index (χ0v) is 17.9. The van der Waals surface area contributed by atoms with E-state index >= 15 is 0 Å². The molecular weight excluding hydrogens is 404 g/mol. The van der Waals surface area contributed by atoms with Crippen molar-refractivity contribution >= 4 is 28.6 Å². The Bertz CT molecular complexity index is 1160. The van der Waals surface area contributed by atoms with Crippen LogP contribution in [0.4, 0.5) is 0 Å². The number of aromatic nitrogens is 1. The number of piperazine rings is 1. The summed E-state index contributed by atoms with van der Waals surface area (Å²) in [6, 6.07) is 17.0. The summed E-state index contributed by atoms with van der Waals surface area (Å²) < 4.78 is 0. The number of benzene rings is 2. The minimum absolute atomic E-state index is 0.0166. The van der Waals surface area contributed by atoms with E-state index in [0.29, 0.717) is 26.1 Å². The summed E-state index contributed by atoms with van der Waals surface area (Å²) in [6.45, 7) is 1.79. The van der Waals surface area contributed by atoms with Gasteiger partial charge >= 0.3 is 0 Å². The van der Waals surface area contributed by atoms with Gasteiger partial charge in [-0.2, -0.15) is 0 Å². The Labute approximate surface area is 186 Å². The molecule has 2 aromatic carbocycles. The minimum atomic E-state index is -0.616. The highest BCUT2D eigenvalue weighted by molar-refractivity contribution is 5.96. The van der Waals surface area contributed by atoms with Gasteiger partial charge in [0.2, 0.25) is 17.7 Å². The number of para-hydroxylation sites is 1. The van der Waals surface area contributed by atoms with E-state index in [0.717, 1.165) is 22.0 Å². The Morgan fingerprint density at radius 3 is 2.62 bits per heavy atom. The average molecular weight is 431 g/mol. The van der Waals surface area contributed by atoms with Crippen LogP contribution in [0.1, 0.15) is 17.5 Å². The quantitative estimate of drug-likeness (QED) is 0.689. The highest BCUT2D eigenvalue weighted by Crippen LogP contribution is 2.22. The number of amides is 3. The van der Waals surface area contributed by atoms with E-state index in [4.69, 9.17) is 0 Å². The Kier molecular flexibility index (Phi) is 5.39. The Morgan fingerprint density at radius 2 is 1.78 bits per heavy atom. The highest BCUT2D eigenvalue weighted by atomic mass is 16.2. The Morgan fingerprint density at radius 1 is 1.00 bits per heavy atom. The van der Waals surface area contributed by atoms with Crippen LogP contribution >= 0.6 is 0 Å². The summed E-state index contributed by atoms with van der Waals surface area (Å²) in [5.74, 6) is -0.145. The molecule has 0 spiro atoms. The first-order valence-electron chi connectivity index (χ1n) is 11.0. The van der Waals surface area contributed by atoms with Crippen molar-refractivity contribution < 1.29 is 14.4 Å². The molecule has 1 aromatic heterocycles. The van der Waals surface area contributed by atoms with Gasteiger partial charge in [0, 0.05) is 36.7 Å². The molecule has 32 heavy (non-hydrogen) atoms. The first kappa shape index (κ1) is 20.3. The predicted octanol–water partition coefficient (Wildman–Crippen LogP) is 2.18. The van der Waals surface area contributed by atoms with Crippen LogP contribution in [0.5, 0.6) is 0 Å². The topological polar surface area (TPSA) is 76.7 Å². The van der Waals surface area contributed by atoms with Gasteiger partial charge in [-0.1, -0.05) is 48.5 Å². The molecule has 3 aromatic rings. The van der Waals surface area contributed by atoms with Gasteiger partial charge in [0.15, 0.2) is 0 Å². The fraction of sp³-hybridized carbons (Fsp3) is 0.320. The van der Waals surface area contributed by atoms with Crippen LogP contribution in [0.3, 0.4) is 0 Å². The number of hydrogen-bond donors (Lipinski definition) is 1. The molecule has 2 aliphatic rings. The van der Waals surface area contributed by atoms with Crippen LogP contribution in [-0.4, -0.2) is 69.6 Å². The molecule has 1 unspecified atom stereocenters. The third kappa shape index (κ3) is 3.86. The molecule has 0 saturated carbocycles. The zero-order chi connectivity index (χ0) is 22.1. The maximum Gasteiger partial charge on any atom is 0.247 e. The lowest BCUT2D eigenvalue weighted by molar-refractivity contribution is -0.157. The first-order chi connectivity index (χ1) is 15.6. The number of fused-ring (bicyclic) bond motifs is 2. The molecule has 3 amide bonds. The third-order valence-corrected chi connectivity index (χ3v) is 6.43. The fourth-order valence-corrected chi connectivity index (χ4v) is 4.76. The molecular formula is C25H26N4O3. The molecule has 0 bridgehead atoms. The average Bonchev–Trinajstić information content (AvgIpc) is 3.06. The number of hydrogen-bond acceptors (Lipinski definition) is 3. The normalized spacial score (nSPS) is 19.2. The second-order valence-electron chi connectivity index (χ2n) is 8.51. The van der Waals surface area contributed by atoms with Crippen LogP contribution in [-0.2, 0) is 27.3 Å². The van der Waals surface area contributed by atoms with E-state index in [2.05, 4.69) is 4.98 Å². The molecule has 5 rings (SSSR count). The lowest BCUT2D eigenvalue weighted by Crippen LogP contribution is -2.61. The van der Waals surface area contributed by atoms with E-state index in [1.807, 2.05) is 60.8 Å². The molecule has 1 N–H and O–H groups in total. The molecule has 164 valence electrons. The van der Waals surface area contributed by atoms with Gasteiger partial charge in [-0.25, -0.2) is 0 Å². The lowest BCUT2D eigenvalue weighted by Gasteiger charge is -2.40. The first-order valence-corrected chi connectivity index (χ1v) is 11.0. The van der Waals surface area contributed by atoms with Crippen LogP contribution in [0.2, 0.25) is 0 Å². The van der Waals surface area contributed by atoms with Crippen LogP contribution in [0.25, 0.3) is 10.9 Å². The van der Waals surface area contributed by atoms with Crippen molar-refractivity contribution in [3.63, 3.8) is 0 Å². The highest BCUT2D eigenvalue weighted by Gasteiger charge is 2.42. The van der Waals surface area contributed by atoms with Gasteiger partial charge in [0.1, 0.15) is 12.6 Å². The molecule has 2 aliphatic heterocycles. The smallest absolute Gasteiger partial charge is 0.247 e. The van der Waals surface area contributed by atoms with E-state index in [9.17, 15) is 14.4 Å². The molecule has 1 atom stereocenters. The number of nitrogens with one attached hydrogen (secondary N) is 1. The molecule has 2 fully saturated rings. The van der Waals surface area contributed by atoms with E-state index in [1.54, 1.807) is 14.7 Å². The van der Waals surface area contributed by atoms with E-state index in [-0.39, 0.29) is 37.2 Å². The second-order valence-corrected chi connectivity index (χ2v) is 8.51. The van der Waals surface area contributed by atoms with Gasteiger partial charge in [-0.05, 0) is 23.6 Å². The number of carbonyl (C=O) groups excluding carboxylic acids is 3. The van der Waals surface area contributed by atoms with Gasteiger partial charge in [-0.15, -0.1) is 0 Å². The number of carbonyl (C=O) groups is 3. The van der Waals surface area contributed by atoms with E-state index < -0.39 is 6.04 Å². The van der Waals surface area contributed by atoms with Gasteiger partial charge in [0.25, 0.3) is 0 Å². The van der Waals surface area contributed by atoms with Crippen LogP contribution in [0, 0.1) is 0 Å². The molecule has 3 heterocycles. The second kappa shape index (κ2) is 8.49. The van der Waals surface area contributed by atoms with Crippen LogP contribution in [0.15, 0.2) is 60.8 Å². The molecule has 0 radical (unpaired) electrons. The van der Waals surface area contributed by atoms with Gasteiger partial charge < -0.3 is 19.7 Å². The summed E-state index contributed by atoms with van der Waals surface area (Å²) in [5.41, 5.74) is 2.94. The number of aromatic amines is 1. The Hall–Kier alpha value is -3.61. The molecule has 2 saturated heterocycles. The van der Waals surface area contributed by atoms with Crippen molar-refractivity contribution in [2.75, 3.05) is 26.2 Å². The maximum absolute atomic E-state index is 13.3. The summed E-state index contributed by atoms with van der Waals surface area (Å²) in [7, 11) is 0. The van der Waals surface area contributed by atoms with E-state index in [1.165, 1.54) is 0 Å². The summed E-state index contributed by atoms with van der Waals surface area (Å²) in [5, 5.41) is 1.04. The largest absolute Gasteiger partial charge is 0.361 e. The van der Waals surface area contributed by atoms with Crippen molar-refractivity contribution in [1.82, 2.24) is 19.7 Å². The van der Waals surface area contributed by atoms with Crippen molar-refractivity contribution in [2.24, 2.45) is 0 Å². The van der Waals surface area contributed by atoms with Crippen molar-refractivity contribution in [1.29, 1.82) is 0 Å².